The number of aromatic nitrogens is 2. The number of likely N-dealkylation sites (tertiary alicyclic amines) is 2. The van der Waals surface area contributed by atoms with Crippen LogP contribution in [0.15, 0.2) is 73.1 Å². The smallest absolute Gasteiger partial charge is 0.253 e. The third-order valence-corrected chi connectivity index (χ3v) is 8.19. The van der Waals surface area contributed by atoms with Gasteiger partial charge in [-0.15, -0.1) is 0 Å². The fraction of sp³-hybridized carbons (Fsp3) is 0.455. The minimum Gasteiger partial charge on any atom is -0.338 e. The van der Waals surface area contributed by atoms with Crippen LogP contribution in [0.5, 0.6) is 0 Å². The second-order valence-electron chi connectivity index (χ2n) is 11.5. The number of amides is 2. The highest BCUT2D eigenvalue weighted by molar-refractivity contribution is 6.31. The lowest BCUT2D eigenvalue weighted by Gasteiger charge is -2.36. The molecule has 56 heavy (non-hydrogen) atoms. The Balaban J connectivity index is 0.000000301. The Morgan fingerprint density at radius 1 is 0.696 bits per heavy atom. The number of hydrogen-bond acceptors (Lipinski definition) is 4. The van der Waals surface area contributed by atoms with Crippen LogP contribution in [0, 0.1) is 11.6 Å². The van der Waals surface area contributed by atoms with E-state index in [2.05, 4.69) is 9.97 Å². The number of carbonyl (C=O) groups is 2. The number of benzene rings is 2. The van der Waals surface area contributed by atoms with E-state index in [1.54, 1.807) is 0 Å². The fourth-order valence-corrected chi connectivity index (χ4v) is 4.86. The lowest BCUT2D eigenvalue weighted by molar-refractivity contribution is 0.0380. The van der Waals surface area contributed by atoms with Crippen molar-refractivity contribution >= 4 is 35.0 Å². The topological polar surface area (TPSA) is 66.4 Å². The average Bonchev–Trinajstić information content (AvgIpc) is 3.30. The van der Waals surface area contributed by atoms with Gasteiger partial charge in [-0.1, -0.05) is 49.2 Å². The van der Waals surface area contributed by atoms with Crippen LogP contribution in [0.4, 0.5) is 17.6 Å². The number of hydrogen-bond donors (Lipinski definition) is 0. The van der Waals surface area contributed by atoms with Gasteiger partial charge in [0.25, 0.3) is 11.8 Å². The van der Waals surface area contributed by atoms with Crippen molar-refractivity contribution in [2.75, 3.05) is 26.0 Å². The SMILES string of the molecule is [2H]C([2H])(C)c1ccc(C([2H])([2H])CC([2H])([2H])C2(F)C([2H])([2H])C([2H])([2H])N(C(=O)c3ccc(F)c(Cl)c3)C([2H])([2H])C2([2H])[2H])nc1.[2H]C([2H])(C)c1ccc(C([2H])([2H])CC([2H])([2H])C2(F)CC([2H])([2H])N(C(=O)c3ccc(F)c(Cl)c3)C([2H])([2H])C2([2H])[2H])nc1. The number of aryl methyl sites for hydroxylation is 4. The number of nitrogens with zero attached hydrogens (tertiary/aromatic N) is 4. The monoisotopic (exact) mass is 838 g/mol. The van der Waals surface area contributed by atoms with Crippen LogP contribution in [0.3, 0.4) is 0 Å². The van der Waals surface area contributed by atoms with Crippen LogP contribution in [-0.2, 0) is 25.5 Å². The molecule has 0 spiro atoms. The standard InChI is InChI=1S/2C22H25ClF2N2O/c2*1-2-16-5-7-18(26-15-16)4-3-9-22(25)10-12-27(13-11-22)21(28)17-6-8-20(24)19(23)14-17/h2*5-8,14-15H,2-4,9-13H2,1H3/i2D2,4D2,9D2,10D2,11D2,12D2,13D2;2D2,4D2,9D2,10D2,12D2,13D2. The van der Waals surface area contributed by atoms with Crippen molar-refractivity contribution in [2.45, 2.75) is 102 Å². The van der Waals surface area contributed by atoms with Gasteiger partial charge in [0.15, 0.2) is 0 Å². The molecule has 2 aromatic heterocycles. The Kier molecular flexibility index (Phi) is 7.15. The van der Waals surface area contributed by atoms with Crippen LogP contribution >= 0.6 is 23.2 Å². The predicted octanol–water partition coefficient (Wildman–Crippen LogP) is 10.8. The Morgan fingerprint density at radius 3 is 1.54 bits per heavy atom. The summed E-state index contributed by atoms with van der Waals surface area (Å²) in [6.45, 7) is -13.0. The highest BCUT2D eigenvalue weighted by Gasteiger charge is 2.37. The van der Waals surface area contributed by atoms with Crippen molar-refractivity contribution < 1.29 is 62.8 Å². The van der Waals surface area contributed by atoms with E-state index in [0.717, 1.165) is 54.9 Å². The first-order chi connectivity index (χ1) is 36.4. The van der Waals surface area contributed by atoms with Gasteiger partial charge in [-0.25, -0.2) is 17.6 Å². The Morgan fingerprint density at radius 2 is 1.12 bits per heavy atom. The molecule has 0 radical (unpaired) electrons. The summed E-state index contributed by atoms with van der Waals surface area (Å²) >= 11 is 11.3. The normalized spacial score (nSPS) is 32.6. The highest BCUT2D eigenvalue weighted by Crippen LogP contribution is 2.34. The first-order valence-electron chi connectivity index (χ1n) is 29.3. The van der Waals surface area contributed by atoms with E-state index in [1.165, 1.54) is 19.9 Å². The highest BCUT2D eigenvalue weighted by atomic mass is 35.5. The van der Waals surface area contributed by atoms with E-state index >= 15 is 8.78 Å². The Hall–Kier alpha value is -4.02. The van der Waals surface area contributed by atoms with Crippen LogP contribution < -0.4 is 0 Å². The second-order valence-corrected chi connectivity index (χ2v) is 12.3. The summed E-state index contributed by atoms with van der Waals surface area (Å²) < 4.78 is 275. The molecule has 1 atom stereocenters. The van der Waals surface area contributed by atoms with Gasteiger partial charge in [-0.3, -0.25) is 19.6 Å². The minimum atomic E-state index is -4.80. The van der Waals surface area contributed by atoms with Gasteiger partial charge in [-0.2, -0.15) is 0 Å². The molecule has 2 aliphatic rings. The molecule has 6 nitrogen and oxygen atoms in total. The van der Waals surface area contributed by atoms with E-state index < -0.39 is 175 Å². The number of halogens is 6. The third-order valence-electron chi connectivity index (χ3n) is 7.61. The van der Waals surface area contributed by atoms with E-state index in [0.29, 0.717) is 12.1 Å². The largest absolute Gasteiger partial charge is 0.338 e. The van der Waals surface area contributed by atoms with Crippen molar-refractivity contribution in [1.82, 2.24) is 19.8 Å². The van der Waals surface area contributed by atoms with Crippen molar-refractivity contribution in [3.8, 4) is 0 Å². The van der Waals surface area contributed by atoms with Crippen molar-refractivity contribution in [2.24, 2.45) is 0 Å². The zero-order valence-electron chi connectivity index (χ0n) is 55.4. The van der Waals surface area contributed by atoms with Gasteiger partial charge in [0.1, 0.15) is 23.0 Å². The zero-order chi connectivity index (χ0) is 63.6. The van der Waals surface area contributed by atoms with Gasteiger partial charge in [-0.05, 0) is 136 Å². The summed E-state index contributed by atoms with van der Waals surface area (Å²) in [7, 11) is 0. The van der Waals surface area contributed by atoms with Gasteiger partial charge in [0.05, 0.1) is 10.0 Å². The predicted molar refractivity (Wildman–Crippen MR) is 214 cm³/mol. The molecule has 4 heterocycles. The molecule has 2 saturated heterocycles. The first-order valence-corrected chi connectivity index (χ1v) is 17.1. The van der Waals surface area contributed by atoms with E-state index in [4.69, 9.17) is 58.8 Å². The maximum Gasteiger partial charge on any atom is 0.253 e. The number of rotatable bonds is 12. The minimum absolute atomic E-state index is 0.0144. The zero-order valence-corrected chi connectivity index (χ0v) is 30.9. The maximum absolute atomic E-state index is 17.1. The molecular formula is C44H50Cl2F4N4O2. The number of pyridine rings is 2. The van der Waals surface area contributed by atoms with Crippen molar-refractivity contribution in [3.63, 3.8) is 0 Å². The van der Waals surface area contributed by atoms with E-state index in [9.17, 15) is 18.4 Å². The molecule has 0 aliphatic carbocycles. The molecule has 300 valence electrons. The lowest BCUT2D eigenvalue weighted by Crippen LogP contribution is -2.44. The molecule has 2 aromatic carbocycles. The van der Waals surface area contributed by atoms with Crippen molar-refractivity contribution in [1.29, 1.82) is 0 Å². The van der Waals surface area contributed by atoms with Gasteiger partial charge in [0.2, 0.25) is 0 Å². The summed E-state index contributed by atoms with van der Waals surface area (Å²) in [6, 6.07) is 8.73. The molecule has 2 aliphatic heterocycles. The summed E-state index contributed by atoms with van der Waals surface area (Å²) in [5.41, 5.74) is -11.0. The van der Waals surface area contributed by atoms with Crippen LogP contribution in [-0.4, -0.2) is 68.9 Å². The quantitative estimate of drug-likeness (QED) is 0.133. The summed E-state index contributed by atoms with van der Waals surface area (Å²) in [6.07, 6.45) is -32.7. The molecule has 4 aromatic rings. The van der Waals surface area contributed by atoms with Gasteiger partial charge in [0, 0.05) is 96.5 Å². The molecule has 0 saturated carbocycles. The average molecular weight is 840 g/mol. The van der Waals surface area contributed by atoms with Crippen LogP contribution in [0.25, 0.3) is 0 Å². The molecule has 0 bridgehead atoms. The molecular weight excluding hydrogens is 763 g/mol. The van der Waals surface area contributed by atoms with Crippen LogP contribution in [0.1, 0.15) is 144 Å². The fourth-order valence-electron chi connectivity index (χ4n) is 4.50. The summed E-state index contributed by atoms with van der Waals surface area (Å²) in [5, 5.41) is -1.23. The van der Waals surface area contributed by atoms with Gasteiger partial charge >= 0.3 is 0 Å². The van der Waals surface area contributed by atoms with Gasteiger partial charge < -0.3 is 9.80 Å². The number of carbonyl (C=O) groups excluding carboxylic acids is 2. The van der Waals surface area contributed by atoms with Crippen molar-refractivity contribution in [3.05, 3.63) is 128 Å². The maximum atomic E-state index is 17.1. The number of piperidine rings is 2. The van der Waals surface area contributed by atoms with E-state index in [1.807, 2.05) is 0 Å². The molecule has 1 unspecified atom stereocenters. The molecule has 2 fully saturated rings. The molecule has 12 heteroatoms. The molecule has 0 N–H and O–H groups in total. The first kappa shape index (κ1) is 20.1. The second kappa shape index (κ2) is 19.9. The molecule has 2 amide bonds. The molecule has 6 rings (SSSR count). The Labute approximate surface area is 374 Å². The third kappa shape index (κ3) is 12.0. The lowest BCUT2D eigenvalue weighted by atomic mass is 9.87. The Bertz CT molecular complexity index is 3070. The van der Waals surface area contributed by atoms with Crippen LogP contribution in [0.2, 0.25) is 10.0 Å². The summed E-state index contributed by atoms with van der Waals surface area (Å²) in [5.74, 6) is -5.22. The van der Waals surface area contributed by atoms with E-state index in [-0.39, 0.29) is 16.0 Å². The number of alkyl halides is 2. The summed E-state index contributed by atoms with van der Waals surface area (Å²) in [4.78, 5) is 33.2.